The predicted octanol–water partition coefficient (Wildman–Crippen LogP) is 3.13. The third kappa shape index (κ3) is 3.24. The number of halogens is 1. The van der Waals surface area contributed by atoms with E-state index in [0.717, 1.165) is 23.2 Å². The number of aromatic amines is 1. The molecule has 3 aromatic rings. The number of aromatic nitrogens is 1. The average molecular weight is 365 g/mol. The van der Waals surface area contributed by atoms with Gasteiger partial charge < -0.3 is 15.6 Å². The maximum Gasteiger partial charge on any atom is 0.255 e. The number of hydrogen-bond donors (Lipinski definition) is 3. The lowest BCUT2D eigenvalue weighted by Gasteiger charge is -2.20. The van der Waals surface area contributed by atoms with Crippen LogP contribution in [0.15, 0.2) is 41.2 Å². The van der Waals surface area contributed by atoms with Crippen LogP contribution in [0.5, 0.6) is 0 Å². The van der Waals surface area contributed by atoms with Crippen LogP contribution in [0.1, 0.15) is 34.1 Å². The Hall–Kier alpha value is -2.99. The van der Waals surface area contributed by atoms with Crippen LogP contribution in [-0.2, 0) is 19.4 Å². The fourth-order valence-electron chi connectivity index (χ4n) is 3.55. The minimum Gasteiger partial charge on any atom is -0.358 e. The van der Waals surface area contributed by atoms with Crippen LogP contribution in [0.25, 0.3) is 10.9 Å². The molecule has 0 atom stereocenters. The van der Waals surface area contributed by atoms with Crippen molar-refractivity contribution in [1.29, 1.82) is 0 Å². The van der Waals surface area contributed by atoms with E-state index in [2.05, 4.69) is 15.6 Å². The zero-order chi connectivity index (χ0) is 19.0. The quantitative estimate of drug-likeness (QED) is 0.668. The van der Waals surface area contributed by atoms with Gasteiger partial charge in [-0.3, -0.25) is 9.59 Å². The Morgan fingerprint density at radius 3 is 2.85 bits per heavy atom. The molecular formula is C21H20FN3O2. The maximum atomic E-state index is 14.0. The van der Waals surface area contributed by atoms with Gasteiger partial charge in [-0.15, -0.1) is 0 Å². The highest BCUT2D eigenvalue weighted by Gasteiger charge is 2.20. The standard InChI is InChI=1S/C21H20FN3O2/c1-2-12-10-20(26)16-9-13(3-6-19(16)24-12)25-21(27)15-4-5-18(22)17-11-23-8-7-14(15)17/h3-6,9-10,23H,2,7-8,11H2,1H3,(H,24,26)(H,25,27). The van der Waals surface area contributed by atoms with Crippen LogP contribution >= 0.6 is 0 Å². The number of nitrogens with one attached hydrogen (secondary N) is 3. The Labute approximate surface area is 155 Å². The summed E-state index contributed by atoms with van der Waals surface area (Å²) in [5.74, 6) is -0.591. The van der Waals surface area contributed by atoms with Crippen LogP contribution < -0.4 is 16.1 Å². The number of aryl methyl sites for hydroxylation is 1. The second kappa shape index (κ2) is 6.96. The fraction of sp³-hybridized carbons (Fsp3) is 0.238. The molecule has 1 aromatic heterocycles. The van der Waals surface area contributed by atoms with Crippen molar-refractivity contribution in [2.75, 3.05) is 11.9 Å². The van der Waals surface area contributed by atoms with Gasteiger partial charge in [0.05, 0.1) is 0 Å². The molecule has 1 aliphatic rings. The summed E-state index contributed by atoms with van der Waals surface area (Å²) in [6.45, 7) is 3.11. The van der Waals surface area contributed by atoms with Gasteiger partial charge in [-0.05, 0) is 55.3 Å². The van der Waals surface area contributed by atoms with Gasteiger partial charge in [0, 0.05) is 46.0 Å². The fourth-order valence-corrected chi connectivity index (χ4v) is 3.55. The largest absolute Gasteiger partial charge is 0.358 e. The predicted molar refractivity (Wildman–Crippen MR) is 104 cm³/mol. The van der Waals surface area contributed by atoms with Crippen molar-refractivity contribution >= 4 is 22.5 Å². The molecule has 3 N–H and O–H groups in total. The highest BCUT2D eigenvalue weighted by molar-refractivity contribution is 6.06. The number of amides is 1. The van der Waals surface area contributed by atoms with Crippen LogP contribution in [0, 0.1) is 5.82 Å². The van der Waals surface area contributed by atoms with E-state index in [-0.39, 0.29) is 17.2 Å². The third-order valence-corrected chi connectivity index (χ3v) is 5.00. The Morgan fingerprint density at radius 2 is 2.04 bits per heavy atom. The molecule has 2 aromatic carbocycles. The van der Waals surface area contributed by atoms with Crippen molar-refractivity contribution in [2.24, 2.45) is 0 Å². The lowest BCUT2D eigenvalue weighted by molar-refractivity contribution is 0.102. The van der Waals surface area contributed by atoms with E-state index in [1.165, 1.54) is 12.1 Å². The first kappa shape index (κ1) is 17.4. The van der Waals surface area contributed by atoms with Gasteiger partial charge in [0.15, 0.2) is 5.43 Å². The molecule has 0 fully saturated rings. The van der Waals surface area contributed by atoms with Crippen LogP contribution in [0.4, 0.5) is 10.1 Å². The summed E-state index contributed by atoms with van der Waals surface area (Å²) in [5, 5.41) is 6.49. The molecule has 0 unspecified atom stereocenters. The minimum atomic E-state index is -0.297. The summed E-state index contributed by atoms with van der Waals surface area (Å²) < 4.78 is 14.0. The number of carbonyl (C=O) groups is 1. The Morgan fingerprint density at radius 1 is 1.19 bits per heavy atom. The Bertz CT molecular complexity index is 1100. The summed E-state index contributed by atoms with van der Waals surface area (Å²) in [5.41, 5.74) is 3.84. The van der Waals surface area contributed by atoms with Crippen LogP contribution in [-0.4, -0.2) is 17.4 Å². The molecule has 0 bridgehead atoms. The number of rotatable bonds is 3. The molecule has 1 aliphatic heterocycles. The first-order chi connectivity index (χ1) is 13.1. The van der Waals surface area contributed by atoms with Crippen LogP contribution in [0.3, 0.4) is 0 Å². The normalized spacial score (nSPS) is 13.4. The molecule has 2 heterocycles. The van der Waals surface area contributed by atoms with Gasteiger partial charge in [0.2, 0.25) is 0 Å². The molecule has 5 nitrogen and oxygen atoms in total. The zero-order valence-corrected chi connectivity index (χ0v) is 15.0. The number of anilines is 1. The number of H-pyrrole nitrogens is 1. The number of benzene rings is 2. The number of fused-ring (bicyclic) bond motifs is 2. The van der Waals surface area contributed by atoms with Gasteiger partial charge >= 0.3 is 0 Å². The highest BCUT2D eigenvalue weighted by atomic mass is 19.1. The first-order valence-electron chi connectivity index (χ1n) is 9.05. The molecule has 138 valence electrons. The molecule has 6 heteroatoms. The third-order valence-electron chi connectivity index (χ3n) is 5.00. The summed E-state index contributed by atoms with van der Waals surface area (Å²) in [7, 11) is 0. The van der Waals surface area contributed by atoms with E-state index >= 15 is 0 Å². The van der Waals surface area contributed by atoms with Crippen molar-refractivity contribution in [1.82, 2.24) is 10.3 Å². The van der Waals surface area contributed by atoms with Crippen LogP contribution in [0.2, 0.25) is 0 Å². The SMILES string of the molecule is CCc1cc(=O)c2cc(NC(=O)c3ccc(F)c4c3CCNC4)ccc2[nH]1. The van der Waals surface area contributed by atoms with Gasteiger partial charge in [-0.2, -0.15) is 0 Å². The number of pyridine rings is 1. The van der Waals surface area contributed by atoms with Gasteiger partial charge in [0.1, 0.15) is 5.82 Å². The molecule has 0 spiro atoms. The Balaban J connectivity index is 1.68. The smallest absolute Gasteiger partial charge is 0.255 e. The van der Waals surface area contributed by atoms with Crippen molar-refractivity contribution in [3.8, 4) is 0 Å². The van der Waals surface area contributed by atoms with Crippen molar-refractivity contribution < 1.29 is 9.18 Å². The minimum absolute atomic E-state index is 0.0815. The average Bonchev–Trinajstić information content (AvgIpc) is 2.68. The number of hydrogen-bond acceptors (Lipinski definition) is 3. The summed E-state index contributed by atoms with van der Waals surface area (Å²) >= 11 is 0. The van der Waals surface area contributed by atoms with E-state index in [4.69, 9.17) is 0 Å². The molecule has 0 aliphatic carbocycles. The lowest BCUT2D eigenvalue weighted by Crippen LogP contribution is -2.27. The van der Waals surface area contributed by atoms with E-state index in [9.17, 15) is 14.0 Å². The molecule has 4 rings (SSSR count). The lowest BCUT2D eigenvalue weighted by atomic mass is 9.94. The molecular weight excluding hydrogens is 345 g/mol. The molecule has 0 saturated carbocycles. The highest BCUT2D eigenvalue weighted by Crippen LogP contribution is 2.23. The van der Waals surface area contributed by atoms with Crippen molar-refractivity contribution in [2.45, 2.75) is 26.3 Å². The van der Waals surface area contributed by atoms with E-state index in [0.29, 0.717) is 41.7 Å². The van der Waals surface area contributed by atoms with E-state index < -0.39 is 0 Å². The molecule has 27 heavy (non-hydrogen) atoms. The summed E-state index contributed by atoms with van der Waals surface area (Å²) in [6, 6.07) is 9.65. The van der Waals surface area contributed by atoms with E-state index in [1.807, 2.05) is 6.92 Å². The summed E-state index contributed by atoms with van der Waals surface area (Å²) in [4.78, 5) is 28.3. The topological polar surface area (TPSA) is 74.0 Å². The van der Waals surface area contributed by atoms with E-state index in [1.54, 1.807) is 24.3 Å². The zero-order valence-electron chi connectivity index (χ0n) is 15.0. The van der Waals surface area contributed by atoms with Crippen molar-refractivity contribution in [3.05, 3.63) is 74.8 Å². The van der Waals surface area contributed by atoms with Gasteiger partial charge in [-0.25, -0.2) is 4.39 Å². The molecule has 1 amide bonds. The first-order valence-corrected chi connectivity index (χ1v) is 9.05. The molecule has 0 radical (unpaired) electrons. The van der Waals surface area contributed by atoms with Gasteiger partial charge in [-0.1, -0.05) is 6.92 Å². The maximum absolute atomic E-state index is 14.0. The second-order valence-electron chi connectivity index (χ2n) is 6.71. The number of carbonyl (C=O) groups excluding carboxylic acids is 1. The second-order valence-corrected chi connectivity index (χ2v) is 6.71. The monoisotopic (exact) mass is 365 g/mol. The summed E-state index contributed by atoms with van der Waals surface area (Å²) in [6.07, 6.45) is 1.35. The van der Waals surface area contributed by atoms with Crippen molar-refractivity contribution in [3.63, 3.8) is 0 Å². The molecule has 0 saturated heterocycles. The Kier molecular flexibility index (Phi) is 4.49. The van der Waals surface area contributed by atoms with Gasteiger partial charge in [0.25, 0.3) is 5.91 Å².